The van der Waals surface area contributed by atoms with Crippen LogP contribution in [0, 0.1) is 5.82 Å². The molecule has 1 aromatic carbocycles. The lowest BCUT2D eigenvalue weighted by molar-refractivity contribution is 0.100. The molecule has 1 aromatic heterocycles. The summed E-state index contributed by atoms with van der Waals surface area (Å²) in [4.78, 5) is 23.3. The van der Waals surface area contributed by atoms with Gasteiger partial charge in [-0.1, -0.05) is 12.1 Å². The number of anilines is 2. The molecule has 2 aromatic rings. The second-order valence-electron chi connectivity index (χ2n) is 4.45. The second-order valence-corrected chi connectivity index (χ2v) is 5.47. The minimum Gasteiger partial charge on any atom is -0.397 e. The molecule has 0 spiro atoms. The molecule has 0 radical (unpaired) electrons. The number of nitrogen functional groups attached to an aromatic ring is 1. The Labute approximate surface area is 124 Å². The molecule has 0 aliphatic heterocycles. The van der Waals surface area contributed by atoms with Crippen molar-refractivity contribution in [2.24, 2.45) is 5.73 Å². The van der Waals surface area contributed by atoms with Gasteiger partial charge in [0.05, 0.1) is 16.1 Å². The Morgan fingerprint density at radius 3 is 2.43 bits per heavy atom. The first-order valence-electron chi connectivity index (χ1n) is 6.11. The smallest absolute Gasteiger partial charge is 0.253 e. The molecule has 1 amide bonds. The molecule has 2 rings (SSSR count). The monoisotopic (exact) mass is 307 g/mol. The van der Waals surface area contributed by atoms with E-state index in [1.807, 2.05) is 0 Å². The Kier molecular flexibility index (Phi) is 4.23. The molecule has 110 valence electrons. The average Bonchev–Trinajstić information content (AvgIpc) is 2.75. The molecule has 0 aliphatic carbocycles. The van der Waals surface area contributed by atoms with E-state index < -0.39 is 5.91 Å². The van der Waals surface area contributed by atoms with Gasteiger partial charge in [0.1, 0.15) is 10.8 Å². The highest BCUT2D eigenvalue weighted by Crippen LogP contribution is 2.36. The maximum atomic E-state index is 12.8. The van der Waals surface area contributed by atoms with Gasteiger partial charge in [-0.15, -0.1) is 11.3 Å². The summed E-state index contributed by atoms with van der Waals surface area (Å²) in [6.07, 6.45) is 0. The molecular formula is C14H14FN3O2S. The number of carbonyl (C=O) groups is 2. The summed E-state index contributed by atoms with van der Waals surface area (Å²) in [5, 5.41) is 3.45. The molecule has 0 bridgehead atoms. The van der Waals surface area contributed by atoms with Gasteiger partial charge in [-0.2, -0.15) is 0 Å². The molecule has 0 aliphatic rings. The van der Waals surface area contributed by atoms with E-state index in [-0.39, 0.29) is 22.9 Å². The molecule has 21 heavy (non-hydrogen) atoms. The van der Waals surface area contributed by atoms with Gasteiger partial charge in [-0.05, 0) is 17.7 Å². The van der Waals surface area contributed by atoms with E-state index in [1.165, 1.54) is 19.1 Å². The van der Waals surface area contributed by atoms with Crippen molar-refractivity contribution in [1.82, 2.24) is 0 Å². The zero-order valence-electron chi connectivity index (χ0n) is 11.3. The van der Waals surface area contributed by atoms with Gasteiger partial charge in [-0.25, -0.2) is 4.39 Å². The topological polar surface area (TPSA) is 98.2 Å². The van der Waals surface area contributed by atoms with Gasteiger partial charge in [0.15, 0.2) is 5.78 Å². The minimum absolute atomic E-state index is 0.0987. The van der Waals surface area contributed by atoms with Crippen LogP contribution in [0.2, 0.25) is 0 Å². The quantitative estimate of drug-likeness (QED) is 0.739. The van der Waals surface area contributed by atoms with Crippen LogP contribution in [0.3, 0.4) is 0 Å². The van der Waals surface area contributed by atoms with Gasteiger partial charge in [0, 0.05) is 13.5 Å². The number of hydrogen-bond donors (Lipinski definition) is 3. The van der Waals surface area contributed by atoms with E-state index in [0.717, 1.165) is 16.9 Å². The number of Topliss-reactive ketones (excluding diaryl/α,β-unsaturated/α-hetero) is 1. The Morgan fingerprint density at radius 1 is 1.29 bits per heavy atom. The van der Waals surface area contributed by atoms with Crippen LogP contribution in [-0.4, -0.2) is 11.7 Å². The highest BCUT2D eigenvalue weighted by atomic mass is 32.1. The highest BCUT2D eigenvalue weighted by Gasteiger charge is 2.22. The number of thiophene rings is 1. The SMILES string of the molecule is CC(=O)c1sc(NCc2ccc(F)cc2)c(C(N)=O)c1N. The lowest BCUT2D eigenvalue weighted by atomic mass is 10.2. The fourth-order valence-corrected chi connectivity index (χ4v) is 2.88. The number of primary amides is 1. The van der Waals surface area contributed by atoms with Gasteiger partial charge in [-0.3, -0.25) is 9.59 Å². The standard InChI is InChI=1S/C14H14FN3O2S/c1-7(19)12-11(16)10(13(17)20)14(21-12)18-6-8-2-4-9(15)5-3-8/h2-5,18H,6,16H2,1H3,(H2,17,20). The first kappa shape index (κ1) is 15.0. The van der Waals surface area contributed by atoms with Crippen molar-refractivity contribution in [1.29, 1.82) is 0 Å². The van der Waals surface area contributed by atoms with Crippen LogP contribution in [0.15, 0.2) is 24.3 Å². The third-order valence-electron chi connectivity index (χ3n) is 2.88. The number of nitrogens with two attached hydrogens (primary N) is 2. The number of amides is 1. The molecule has 0 saturated carbocycles. The first-order valence-corrected chi connectivity index (χ1v) is 6.93. The summed E-state index contributed by atoms with van der Waals surface area (Å²) >= 11 is 1.08. The molecule has 5 N–H and O–H groups in total. The van der Waals surface area contributed by atoms with Crippen molar-refractivity contribution >= 4 is 33.7 Å². The number of benzene rings is 1. The van der Waals surface area contributed by atoms with E-state index >= 15 is 0 Å². The van der Waals surface area contributed by atoms with E-state index in [0.29, 0.717) is 16.4 Å². The molecule has 7 heteroatoms. The molecule has 0 fully saturated rings. The number of rotatable bonds is 5. The third-order valence-corrected chi connectivity index (χ3v) is 4.14. The Hall–Kier alpha value is -2.41. The molecule has 0 saturated heterocycles. The van der Waals surface area contributed by atoms with Crippen molar-refractivity contribution in [2.45, 2.75) is 13.5 Å². The van der Waals surface area contributed by atoms with Crippen molar-refractivity contribution in [2.75, 3.05) is 11.1 Å². The fourth-order valence-electron chi connectivity index (χ4n) is 1.86. The Balaban J connectivity index is 2.27. The maximum Gasteiger partial charge on any atom is 0.253 e. The summed E-state index contributed by atoms with van der Waals surface area (Å²) in [5.41, 5.74) is 12.1. The predicted molar refractivity (Wildman–Crippen MR) is 81.0 cm³/mol. The van der Waals surface area contributed by atoms with Crippen molar-refractivity contribution in [3.05, 3.63) is 46.1 Å². The van der Waals surface area contributed by atoms with Crippen LogP contribution in [-0.2, 0) is 6.54 Å². The van der Waals surface area contributed by atoms with Crippen LogP contribution in [0.1, 0.15) is 32.5 Å². The number of hydrogen-bond acceptors (Lipinski definition) is 5. The molecule has 1 heterocycles. The van der Waals surface area contributed by atoms with Crippen LogP contribution >= 0.6 is 11.3 Å². The second kappa shape index (κ2) is 5.92. The largest absolute Gasteiger partial charge is 0.397 e. The third kappa shape index (κ3) is 3.19. The zero-order valence-corrected chi connectivity index (χ0v) is 12.1. The first-order chi connectivity index (χ1) is 9.90. The summed E-state index contributed by atoms with van der Waals surface area (Å²) in [5.74, 6) is -1.25. The van der Waals surface area contributed by atoms with Crippen LogP contribution in [0.4, 0.5) is 15.1 Å². The lowest BCUT2D eigenvalue weighted by Gasteiger charge is -2.06. The fraction of sp³-hybridized carbons (Fsp3) is 0.143. The highest BCUT2D eigenvalue weighted by molar-refractivity contribution is 7.19. The Bertz CT molecular complexity index is 695. The van der Waals surface area contributed by atoms with E-state index in [2.05, 4.69) is 5.32 Å². The van der Waals surface area contributed by atoms with E-state index in [1.54, 1.807) is 12.1 Å². The summed E-state index contributed by atoms with van der Waals surface area (Å²) in [7, 11) is 0. The van der Waals surface area contributed by atoms with E-state index in [9.17, 15) is 14.0 Å². The van der Waals surface area contributed by atoms with Crippen molar-refractivity contribution in [3.63, 3.8) is 0 Å². The molecule has 0 unspecified atom stereocenters. The lowest BCUT2D eigenvalue weighted by Crippen LogP contribution is -2.15. The van der Waals surface area contributed by atoms with Crippen LogP contribution in [0.25, 0.3) is 0 Å². The average molecular weight is 307 g/mol. The number of nitrogens with one attached hydrogen (secondary N) is 1. The van der Waals surface area contributed by atoms with Gasteiger partial charge >= 0.3 is 0 Å². The van der Waals surface area contributed by atoms with Crippen LogP contribution in [0.5, 0.6) is 0 Å². The number of halogens is 1. The summed E-state index contributed by atoms with van der Waals surface area (Å²) < 4.78 is 12.8. The minimum atomic E-state index is -0.696. The summed E-state index contributed by atoms with van der Waals surface area (Å²) in [6, 6.07) is 5.93. The predicted octanol–water partition coefficient (Wildman–Crippen LogP) is 2.38. The number of carbonyl (C=O) groups excluding carboxylic acids is 2. The van der Waals surface area contributed by atoms with Gasteiger partial charge in [0.2, 0.25) is 0 Å². The van der Waals surface area contributed by atoms with E-state index in [4.69, 9.17) is 11.5 Å². The van der Waals surface area contributed by atoms with Crippen LogP contribution < -0.4 is 16.8 Å². The molecule has 0 atom stereocenters. The van der Waals surface area contributed by atoms with Gasteiger partial charge in [0.25, 0.3) is 5.91 Å². The molecular weight excluding hydrogens is 293 g/mol. The Morgan fingerprint density at radius 2 is 1.90 bits per heavy atom. The van der Waals surface area contributed by atoms with Crippen molar-refractivity contribution < 1.29 is 14.0 Å². The molecule has 5 nitrogen and oxygen atoms in total. The van der Waals surface area contributed by atoms with Crippen molar-refractivity contribution in [3.8, 4) is 0 Å². The normalized spacial score (nSPS) is 10.4. The zero-order chi connectivity index (χ0) is 15.6. The maximum absolute atomic E-state index is 12.8. The summed E-state index contributed by atoms with van der Waals surface area (Å²) in [6.45, 7) is 1.73. The number of ketones is 1. The van der Waals surface area contributed by atoms with Gasteiger partial charge < -0.3 is 16.8 Å².